The Hall–Kier alpha value is -3.90. The van der Waals surface area contributed by atoms with Crippen molar-refractivity contribution in [3.8, 4) is 5.75 Å². The van der Waals surface area contributed by atoms with E-state index in [1.54, 1.807) is 31.4 Å². The summed E-state index contributed by atoms with van der Waals surface area (Å²) in [6.45, 7) is 3.27. The van der Waals surface area contributed by atoms with Crippen LogP contribution in [-0.2, 0) is 20.9 Å². The first-order valence-corrected chi connectivity index (χ1v) is 11.6. The summed E-state index contributed by atoms with van der Waals surface area (Å²) in [6.07, 6.45) is 0.583. The van der Waals surface area contributed by atoms with E-state index in [1.807, 2.05) is 55.5 Å². The lowest BCUT2D eigenvalue weighted by atomic mass is 9.95. The van der Waals surface area contributed by atoms with E-state index in [-0.39, 0.29) is 11.3 Å². The number of carbonyl (C=O) groups is 2. The van der Waals surface area contributed by atoms with Gasteiger partial charge in [-0.05, 0) is 48.7 Å². The Morgan fingerprint density at radius 3 is 2.40 bits per heavy atom. The van der Waals surface area contributed by atoms with Crippen LogP contribution in [0.25, 0.3) is 5.76 Å². The summed E-state index contributed by atoms with van der Waals surface area (Å²) in [5, 5.41) is 11.2. The zero-order valence-electron chi connectivity index (χ0n) is 19.9. The lowest BCUT2D eigenvalue weighted by Gasteiger charge is -2.25. The summed E-state index contributed by atoms with van der Waals surface area (Å²) in [5.41, 5.74) is 3.53. The molecule has 6 nitrogen and oxygen atoms in total. The van der Waals surface area contributed by atoms with Gasteiger partial charge in [-0.2, -0.15) is 0 Å². The number of hydrogen-bond acceptors (Lipinski definition) is 5. The fraction of sp³-hybridized carbons (Fsp3) is 0.241. The van der Waals surface area contributed by atoms with Crippen LogP contribution >= 0.6 is 0 Å². The van der Waals surface area contributed by atoms with Gasteiger partial charge in [-0.3, -0.25) is 9.59 Å². The summed E-state index contributed by atoms with van der Waals surface area (Å²) < 4.78 is 11.0. The number of aliphatic hydroxyl groups excluding tert-OH is 1. The fourth-order valence-corrected chi connectivity index (χ4v) is 4.30. The van der Waals surface area contributed by atoms with Gasteiger partial charge < -0.3 is 19.5 Å². The van der Waals surface area contributed by atoms with Crippen molar-refractivity contribution < 1.29 is 24.2 Å². The number of ether oxygens (including phenoxy) is 2. The van der Waals surface area contributed by atoms with Crippen LogP contribution in [0.2, 0.25) is 0 Å². The minimum absolute atomic E-state index is 0.0899. The van der Waals surface area contributed by atoms with Crippen LogP contribution in [0, 0.1) is 6.92 Å². The van der Waals surface area contributed by atoms with Gasteiger partial charge in [0.05, 0.1) is 11.6 Å². The highest BCUT2D eigenvalue weighted by atomic mass is 16.5. The second-order valence-electron chi connectivity index (χ2n) is 8.55. The van der Waals surface area contributed by atoms with E-state index in [1.165, 1.54) is 4.90 Å². The van der Waals surface area contributed by atoms with E-state index in [0.717, 1.165) is 16.7 Å². The molecule has 0 saturated carbocycles. The highest BCUT2D eigenvalue weighted by Gasteiger charge is 2.45. The molecular formula is C29H29NO5. The molecule has 35 heavy (non-hydrogen) atoms. The first-order chi connectivity index (χ1) is 17.0. The van der Waals surface area contributed by atoms with Crippen molar-refractivity contribution in [2.75, 3.05) is 20.3 Å². The molecular weight excluding hydrogens is 442 g/mol. The minimum atomic E-state index is -0.687. The van der Waals surface area contributed by atoms with E-state index in [2.05, 4.69) is 6.07 Å². The van der Waals surface area contributed by atoms with Crippen molar-refractivity contribution in [3.05, 3.63) is 107 Å². The summed E-state index contributed by atoms with van der Waals surface area (Å²) in [5.74, 6) is -0.859. The third-order valence-electron chi connectivity index (χ3n) is 6.02. The largest absolute Gasteiger partial charge is 0.507 e. The van der Waals surface area contributed by atoms with Gasteiger partial charge in [-0.1, -0.05) is 60.2 Å². The Kier molecular flexibility index (Phi) is 7.63. The minimum Gasteiger partial charge on any atom is -0.507 e. The second kappa shape index (κ2) is 11.0. The van der Waals surface area contributed by atoms with Gasteiger partial charge in [0.15, 0.2) is 0 Å². The normalized spacial score (nSPS) is 17.1. The average Bonchev–Trinajstić information content (AvgIpc) is 3.13. The van der Waals surface area contributed by atoms with E-state index in [4.69, 9.17) is 9.47 Å². The Bertz CT molecular complexity index is 1220. The number of rotatable bonds is 9. The standard InChI is InChI=1S/C29H29NO5/c1-20-8-6-9-21(18-20)19-35-24-14-12-23(13-15-24)27(31)25-26(22-10-4-3-5-11-22)30(16-7-17-34-2)29(33)28(25)32/h3-6,8-15,18,26,31H,7,16-17,19H2,1-2H3/t26-/m0/s1. The molecule has 4 rings (SSSR count). The van der Waals surface area contributed by atoms with Crippen molar-refractivity contribution >= 4 is 17.4 Å². The maximum Gasteiger partial charge on any atom is 0.295 e. The monoisotopic (exact) mass is 471 g/mol. The molecule has 0 unspecified atom stereocenters. The number of likely N-dealkylation sites (tertiary alicyclic amines) is 1. The summed E-state index contributed by atoms with van der Waals surface area (Å²) >= 11 is 0. The third kappa shape index (κ3) is 5.44. The van der Waals surface area contributed by atoms with E-state index in [0.29, 0.717) is 37.5 Å². The maximum atomic E-state index is 13.0. The first-order valence-electron chi connectivity index (χ1n) is 11.6. The van der Waals surface area contributed by atoms with E-state index < -0.39 is 17.7 Å². The molecule has 1 fully saturated rings. The highest BCUT2D eigenvalue weighted by molar-refractivity contribution is 6.46. The molecule has 0 radical (unpaired) electrons. The topological polar surface area (TPSA) is 76.1 Å². The summed E-state index contributed by atoms with van der Waals surface area (Å²) in [6, 6.07) is 23.6. The van der Waals surface area contributed by atoms with Crippen LogP contribution in [0.3, 0.4) is 0 Å². The first kappa shape index (κ1) is 24.2. The number of amides is 1. The number of methoxy groups -OCH3 is 1. The van der Waals surface area contributed by atoms with Crippen LogP contribution in [-0.4, -0.2) is 42.0 Å². The van der Waals surface area contributed by atoms with Gasteiger partial charge in [-0.25, -0.2) is 0 Å². The molecule has 1 aliphatic heterocycles. The number of benzene rings is 3. The lowest BCUT2D eigenvalue weighted by molar-refractivity contribution is -0.140. The van der Waals surface area contributed by atoms with Gasteiger partial charge in [0.2, 0.25) is 0 Å². The molecule has 1 heterocycles. The third-order valence-corrected chi connectivity index (χ3v) is 6.02. The number of hydrogen-bond donors (Lipinski definition) is 1. The molecule has 1 N–H and O–H groups in total. The maximum absolute atomic E-state index is 13.0. The number of Topliss-reactive ketones (excluding diaryl/α,β-unsaturated/α-hetero) is 1. The molecule has 0 aliphatic carbocycles. The van der Waals surface area contributed by atoms with Gasteiger partial charge >= 0.3 is 0 Å². The van der Waals surface area contributed by atoms with Crippen molar-refractivity contribution in [2.45, 2.75) is 26.0 Å². The van der Waals surface area contributed by atoms with Gasteiger partial charge in [0.25, 0.3) is 11.7 Å². The molecule has 1 amide bonds. The number of carbonyl (C=O) groups excluding carboxylic acids is 2. The zero-order valence-corrected chi connectivity index (χ0v) is 19.9. The van der Waals surface area contributed by atoms with Crippen LogP contribution in [0.15, 0.2) is 84.4 Å². The van der Waals surface area contributed by atoms with Crippen molar-refractivity contribution in [1.82, 2.24) is 4.90 Å². The van der Waals surface area contributed by atoms with Crippen molar-refractivity contribution in [3.63, 3.8) is 0 Å². The van der Waals surface area contributed by atoms with E-state index >= 15 is 0 Å². The quantitative estimate of drug-likeness (QED) is 0.205. The summed E-state index contributed by atoms with van der Waals surface area (Å²) in [7, 11) is 1.59. The second-order valence-corrected chi connectivity index (χ2v) is 8.55. The molecule has 3 aromatic rings. The lowest BCUT2D eigenvalue weighted by Crippen LogP contribution is -2.31. The summed E-state index contributed by atoms with van der Waals surface area (Å²) in [4.78, 5) is 27.4. The smallest absolute Gasteiger partial charge is 0.295 e. The van der Waals surface area contributed by atoms with Crippen LogP contribution in [0.1, 0.15) is 34.7 Å². The Morgan fingerprint density at radius 2 is 1.71 bits per heavy atom. The Labute approximate surface area is 205 Å². The molecule has 0 bridgehead atoms. The Balaban J connectivity index is 1.61. The number of nitrogens with zero attached hydrogens (tertiary/aromatic N) is 1. The molecule has 1 saturated heterocycles. The fourth-order valence-electron chi connectivity index (χ4n) is 4.30. The molecule has 3 aromatic carbocycles. The molecule has 0 spiro atoms. The highest BCUT2D eigenvalue weighted by Crippen LogP contribution is 2.39. The van der Waals surface area contributed by atoms with E-state index in [9.17, 15) is 14.7 Å². The zero-order chi connectivity index (χ0) is 24.8. The van der Waals surface area contributed by atoms with Gasteiger partial charge in [0, 0.05) is 25.8 Å². The van der Waals surface area contributed by atoms with Crippen LogP contribution in [0.4, 0.5) is 0 Å². The van der Waals surface area contributed by atoms with Crippen molar-refractivity contribution in [1.29, 1.82) is 0 Å². The molecule has 6 heteroatoms. The van der Waals surface area contributed by atoms with Crippen LogP contribution in [0.5, 0.6) is 5.75 Å². The SMILES string of the molecule is COCCCN1C(=O)C(=O)C(=C(O)c2ccc(OCc3cccc(C)c3)cc2)[C@@H]1c1ccccc1. The number of ketones is 1. The van der Waals surface area contributed by atoms with Crippen LogP contribution < -0.4 is 4.74 Å². The van der Waals surface area contributed by atoms with Crippen molar-refractivity contribution in [2.24, 2.45) is 0 Å². The van der Waals surface area contributed by atoms with Gasteiger partial charge in [-0.15, -0.1) is 0 Å². The molecule has 180 valence electrons. The number of aryl methyl sites for hydroxylation is 1. The Morgan fingerprint density at radius 1 is 0.971 bits per heavy atom. The van der Waals surface area contributed by atoms with Gasteiger partial charge in [0.1, 0.15) is 18.1 Å². The average molecular weight is 472 g/mol. The predicted octanol–water partition coefficient (Wildman–Crippen LogP) is 5.03. The number of aliphatic hydroxyl groups is 1. The predicted molar refractivity (Wildman–Crippen MR) is 134 cm³/mol. The molecule has 0 aromatic heterocycles. The molecule has 1 atom stereocenters. The molecule has 1 aliphatic rings.